The van der Waals surface area contributed by atoms with Crippen LogP contribution in [0.5, 0.6) is 0 Å². The van der Waals surface area contributed by atoms with Crippen molar-refractivity contribution in [2.24, 2.45) is 11.3 Å². The van der Waals surface area contributed by atoms with E-state index in [0.717, 1.165) is 5.56 Å². The third-order valence-corrected chi connectivity index (χ3v) is 4.85. The van der Waals surface area contributed by atoms with Gasteiger partial charge >= 0.3 is 12.1 Å². The summed E-state index contributed by atoms with van der Waals surface area (Å²) in [5, 5.41) is 11.2. The van der Waals surface area contributed by atoms with Crippen LogP contribution in [0.15, 0.2) is 30.3 Å². The molecule has 1 heterocycles. The van der Waals surface area contributed by atoms with Gasteiger partial charge in [-0.1, -0.05) is 51.1 Å². The Labute approximate surface area is 161 Å². The van der Waals surface area contributed by atoms with Crippen LogP contribution in [0.2, 0.25) is 0 Å². The number of likely N-dealkylation sites (tertiary alicyclic amines) is 1. The van der Waals surface area contributed by atoms with E-state index in [-0.39, 0.29) is 12.7 Å². The van der Waals surface area contributed by atoms with Crippen molar-refractivity contribution in [1.29, 1.82) is 0 Å². The normalized spacial score (nSPS) is 25.6. The van der Waals surface area contributed by atoms with Gasteiger partial charge in [-0.25, -0.2) is 9.59 Å². The topological polar surface area (TPSA) is 76.1 Å². The highest BCUT2D eigenvalue weighted by atomic mass is 16.6. The SMILES string of the molecule is CCOC(=O)[C@@H]1[C@@H](C(C)(C)C)[C@H](O)[C@H](c2ccccc2)N1C(=O)OC(C)C. The molecule has 150 valence electrons. The number of carbonyl (C=O) groups excluding carboxylic acids is 2. The number of aliphatic hydroxyl groups excluding tert-OH is 1. The van der Waals surface area contributed by atoms with E-state index in [1.165, 1.54) is 4.90 Å². The minimum atomic E-state index is -0.929. The summed E-state index contributed by atoms with van der Waals surface area (Å²) in [4.78, 5) is 27.2. The second kappa shape index (κ2) is 8.30. The predicted octanol–water partition coefficient (Wildman–Crippen LogP) is 3.54. The average Bonchev–Trinajstić information content (AvgIpc) is 2.88. The maximum atomic E-state index is 13.0. The number of esters is 1. The van der Waals surface area contributed by atoms with Crippen molar-refractivity contribution in [1.82, 2.24) is 4.90 Å². The quantitative estimate of drug-likeness (QED) is 0.812. The van der Waals surface area contributed by atoms with Crippen LogP contribution in [0, 0.1) is 11.3 Å². The Morgan fingerprint density at radius 3 is 2.26 bits per heavy atom. The average molecular weight is 377 g/mol. The monoisotopic (exact) mass is 377 g/mol. The summed E-state index contributed by atoms with van der Waals surface area (Å²) in [6.07, 6.45) is -1.90. The number of ether oxygens (including phenoxy) is 2. The number of carbonyl (C=O) groups is 2. The lowest BCUT2D eigenvalue weighted by molar-refractivity contribution is -0.151. The molecule has 6 heteroatoms. The van der Waals surface area contributed by atoms with Crippen LogP contribution < -0.4 is 0 Å². The zero-order valence-electron chi connectivity index (χ0n) is 17.0. The van der Waals surface area contributed by atoms with Gasteiger partial charge in [0, 0.05) is 5.92 Å². The third-order valence-electron chi connectivity index (χ3n) is 4.85. The van der Waals surface area contributed by atoms with E-state index in [9.17, 15) is 14.7 Å². The molecule has 0 unspecified atom stereocenters. The molecule has 1 amide bonds. The van der Waals surface area contributed by atoms with Crippen LogP contribution in [0.3, 0.4) is 0 Å². The summed E-state index contributed by atoms with van der Waals surface area (Å²) in [6, 6.07) is 7.64. The molecule has 1 saturated heterocycles. The van der Waals surface area contributed by atoms with Crippen molar-refractivity contribution in [3.8, 4) is 0 Å². The summed E-state index contributed by atoms with van der Waals surface area (Å²) in [7, 11) is 0. The molecule has 1 aliphatic rings. The largest absolute Gasteiger partial charge is 0.464 e. The molecule has 1 aromatic rings. The standard InChI is InChI=1S/C21H31NO5/c1-7-26-19(24)17-15(21(4,5)6)18(23)16(14-11-9-8-10-12-14)22(17)20(25)27-13(2)3/h8-13,15-18,23H,7H2,1-6H3/t15-,16+,17+,18+/m1/s1. The summed E-state index contributed by atoms with van der Waals surface area (Å²) in [5.41, 5.74) is 0.322. The Balaban J connectivity index is 2.59. The highest BCUT2D eigenvalue weighted by molar-refractivity contribution is 5.83. The van der Waals surface area contributed by atoms with Gasteiger partial charge in [-0.05, 0) is 31.7 Å². The van der Waals surface area contributed by atoms with Crippen LogP contribution in [0.4, 0.5) is 4.79 Å². The molecule has 0 spiro atoms. The highest BCUT2D eigenvalue weighted by Crippen LogP contribution is 2.48. The number of nitrogens with zero attached hydrogens (tertiary/aromatic N) is 1. The molecule has 0 radical (unpaired) electrons. The lowest BCUT2D eigenvalue weighted by atomic mass is 9.74. The minimum absolute atomic E-state index is 0.200. The molecule has 0 saturated carbocycles. The second-order valence-electron chi connectivity index (χ2n) is 8.27. The molecule has 1 fully saturated rings. The van der Waals surface area contributed by atoms with E-state index in [4.69, 9.17) is 9.47 Å². The molecule has 0 bridgehead atoms. The summed E-state index contributed by atoms with van der Waals surface area (Å²) in [6.45, 7) is 11.3. The Morgan fingerprint density at radius 2 is 1.78 bits per heavy atom. The Morgan fingerprint density at radius 1 is 1.19 bits per heavy atom. The fourth-order valence-corrected chi connectivity index (χ4v) is 3.87. The van der Waals surface area contributed by atoms with Gasteiger partial charge in [0.1, 0.15) is 6.04 Å². The maximum Gasteiger partial charge on any atom is 0.411 e. The number of amides is 1. The van der Waals surface area contributed by atoms with Gasteiger partial charge in [0.05, 0.1) is 24.9 Å². The van der Waals surface area contributed by atoms with E-state index in [0.29, 0.717) is 0 Å². The van der Waals surface area contributed by atoms with Crippen molar-refractivity contribution >= 4 is 12.1 Å². The maximum absolute atomic E-state index is 13.0. The van der Waals surface area contributed by atoms with Crippen LogP contribution in [-0.2, 0) is 14.3 Å². The lowest BCUT2D eigenvalue weighted by Crippen LogP contribution is -2.48. The van der Waals surface area contributed by atoms with Crippen LogP contribution >= 0.6 is 0 Å². The highest BCUT2D eigenvalue weighted by Gasteiger charge is 2.58. The van der Waals surface area contributed by atoms with E-state index >= 15 is 0 Å². The first kappa shape index (κ1) is 21.2. The molecule has 1 aliphatic heterocycles. The molecule has 27 heavy (non-hydrogen) atoms. The molecular formula is C21H31NO5. The van der Waals surface area contributed by atoms with Crippen LogP contribution in [0.1, 0.15) is 53.1 Å². The van der Waals surface area contributed by atoms with Crippen molar-refractivity contribution < 1.29 is 24.2 Å². The Bertz CT molecular complexity index is 652. The van der Waals surface area contributed by atoms with E-state index < -0.39 is 41.6 Å². The first-order chi connectivity index (χ1) is 12.6. The minimum Gasteiger partial charge on any atom is -0.464 e. The number of benzene rings is 1. The van der Waals surface area contributed by atoms with E-state index in [1.54, 1.807) is 20.8 Å². The third kappa shape index (κ3) is 4.43. The van der Waals surface area contributed by atoms with Gasteiger partial charge in [-0.3, -0.25) is 4.90 Å². The predicted molar refractivity (Wildman–Crippen MR) is 102 cm³/mol. The Hall–Kier alpha value is -2.08. The molecule has 4 atom stereocenters. The summed E-state index contributed by atoms with van der Waals surface area (Å²) in [5.74, 6) is -1.02. The number of aliphatic hydroxyl groups is 1. The summed E-state index contributed by atoms with van der Waals surface area (Å²) >= 11 is 0. The fourth-order valence-electron chi connectivity index (χ4n) is 3.87. The first-order valence-corrected chi connectivity index (χ1v) is 9.48. The first-order valence-electron chi connectivity index (χ1n) is 9.48. The molecule has 6 nitrogen and oxygen atoms in total. The zero-order chi connectivity index (χ0) is 20.4. The van der Waals surface area contributed by atoms with Gasteiger partial charge in [0.15, 0.2) is 0 Å². The number of rotatable bonds is 4. The van der Waals surface area contributed by atoms with Crippen molar-refractivity contribution in [2.45, 2.75) is 65.8 Å². The fraction of sp³-hybridized carbons (Fsp3) is 0.619. The van der Waals surface area contributed by atoms with Gasteiger partial charge in [-0.2, -0.15) is 0 Å². The van der Waals surface area contributed by atoms with Crippen molar-refractivity contribution in [2.75, 3.05) is 6.61 Å². The molecule has 1 N–H and O–H groups in total. The van der Waals surface area contributed by atoms with Gasteiger partial charge in [0.2, 0.25) is 0 Å². The molecule has 1 aromatic carbocycles. The van der Waals surface area contributed by atoms with Crippen LogP contribution in [-0.4, -0.2) is 46.9 Å². The zero-order valence-corrected chi connectivity index (χ0v) is 17.0. The lowest BCUT2D eigenvalue weighted by Gasteiger charge is -2.34. The van der Waals surface area contributed by atoms with Crippen molar-refractivity contribution in [3.63, 3.8) is 0 Å². The number of hydrogen-bond acceptors (Lipinski definition) is 5. The van der Waals surface area contributed by atoms with E-state index in [1.807, 2.05) is 51.1 Å². The van der Waals surface area contributed by atoms with E-state index in [2.05, 4.69) is 0 Å². The number of hydrogen-bond donors (Lipinski definition) is 1. The second-order valence-corrected chi connectivity index (χ2v) is 8.27. The van der Waals surface area contributed by atoms with Gasteiger partial charge < -0.3 is 14.6 Å². The molecule has 0 aromatic heterocycles. The van der Waals surface area contributed by atoms with Gasteiger partial charge in [0.25, 0.3) is 0 Å². The molecule has 2 rings (SSSR count). The smallest absolute Gasteiger partial charge is 0.411 e. The molecule has 0 aliphatic carbocycles. The van der Waals surface area contributed by atoms with Crippen LogP contribution in [0.25, 0.3) is 0 Å². The Kier molecular flexibility index (Phi) is 6.52. The summed E-state index contributed by atoms with van der Waals surface area (Å²) < 4.78 is 10.7. The van der Waals surface area contributed by atoms with Gasteiger partial charge in [-0.15, -0.1) is 0 Å². The van der Waals surface area contributed by atoms with Crippen molar-refractivity contribution in [3.05, 3.63) is 35.9 Å². The molecular weight excluding hydrogens is 346 g/mol.